The van der Waals surface area contributed by atoms with Gasteiger partial charge >= 0.3 is 0 Å². The number of rotatable bonds is 6. The highest BCUT2D eigenvalue weighted by Gasteiger charge is 2.44. The van der Waals surface area contributed by atoms with Crippen LogP contribution in [-0.4, -0.2) is 36.5 Å². The number of piperidine rings is 1. The number of carbonyl (C=O) groups is 2. The molecule has 6 heteroatoms. The molecule has 1 aromatic carbocycles. The molecule has 0 bridgehead atoms. The fraction of sp³-hybridized carbons (Fsp3) is 0.619. The highest BCUT2D eigenvalue weighted by atomic mass is 32.2. The van der Waals surface area contributed by atoms with Crippen LogP contribution in [0.5, 0.6) is 5.75 Å². The molecule has 1 aliphatic carbocycles. The number of para-hydroxylation sites is 1. The van der Waals surface area contributed by atoms with Crippen molar-refractivity contribution in [1.82, 2.24) is 4.90 Å². The largest absolute Gasteiger partial charge is 0.492 e. The smallest absolute Gasteiger partial charge is 0.229 e. The predicted molar refractivity (Wildman–Crippen MR) is 104 cm³/mol. The van der Waals surface area contributed by atoms with E-state index >= 15 is 0 Å². The SMILES string of the molecule is O=C1CC2(CCCC2)CC(=O)N1CCCOSc1cccc2c1OCCC2. The number of fused-ring (bicyclic) bond motifs is 1. The van der Waals surface area contributed by atoms with Crippen LogP contribution in [0, 0.1) is 5.41 Å². The lowest BCUT2D eigenvalue weighted by molar-refractivity contribution is -0.153. The van der Waals surface area contributed by atoms with Crippen molar-refractivity contribution in [3.05, 3.63) is 23.8 Å². The van der Waals surface area contributed by atoms with E-state index < -0.39 is 0 Å². The van der Waals surface area contributed by atoms with Crippen LogP contribution in [0.2, 0.25) is 0 Å². The van der Waals surface area contributed by atoms with Crippen molar-refractivity contribution in [2.75, 3.05) is 19.8 Å². The van der Waals surface area contributed by atoms with Gasteiger partial charge in [-0.25, -0.2) is 0 Å². The number of aryl methyl sites for hydroxylation is 1. The Morgan fingerprint density at radius 3 is 2.67 bits per heavy atom. The third-order valence-electron chi connectivity index (χ3n) is 5.97. The van der Waals surface area contributed by atoms with Gasteiger partial charge in [0.2, 0.25) is 11.8 Å². The van der Waals surface area contributed by atoms with Gasteiger partial charge in [0.15, 0.2) is 0 Å². The fourth-order valence-corrected chi connectivity index (χ4v) is 5.30. The molecule has 0 unspecified atom stereocenters. The van der Waals surface area contributed by atoms with E-state index in [1.165, 1.54) is 22.5 Å². The first-order valence-electron chi connectivity index (χ1n) is 10.0. The zero-order valence-corrected chi connectivity index (χ0v) is 16.5. The average molecular weight is 390 g/mol. The first kappa shape index (κ1) is 18.8. The summed E-state index contributed by atoms with van der Waals surface area (Å²) in [6.45, 7) is 1.71. The number of benzene rings is 1. The summed E-state index contributed by atoms with van der Waals surface area (Å²) in [5.41, 5.74) is 1.21. The molecule has 0 aromatic heterocycles. The van der Waals surface area contributed by atoms with Crippen LogP contribution in [-0.2, 0) is 20.2 Å². The molecule has 0 atom stereocenters. The summed E-state index contributed by atoms with van der Waals surface area (Å²) in [5.74, 6) is 0.953. The second kappa shape index (κ2) is 8.23. The van der Waals surface area contributed by atoms with E-state index in [9.17, 15) is 9.59 Å². The van der Waals surface area contributed by atoms with Crippen molar-refractivity contribution in [3.63, 3.8) is 0 Å². The minimum Gasteiger partial charge on any atom is -0.492 e. The number of hydrogen-bond acceptors (Lipinski definition) is 5. The maximum atomic E-state index is 12.5. The number of carbonyl (C=O) groups excluding carboxylic acids is 2. The van der Waals surface area contributed by atoms with Crippen LogP contribution in [0.4, 0.5) is 0 Å². The summed E-state index contributed by atoms with van der Waals surface area (Å²) in [6, 6.07) is 6.14. The topological polar surface area (TPSA) is 55.8 Å². The molecule has 2 fully saturated rings. The number of amides is 2. The molecule has 1 aromatic rings. The predicted octanol–water partition coefficient (Wildman–Crippen LogP) is 4.13. The Bertz CT molecular complexity index is 694. The molecule has 0 N–H and O–H groups in total. The van der Waals surface area contributed by atoms with Gasteiger partial charge in [0, 0.05) is 31.4 Å². The molecule has 4 rings (SSSR count). The molecule has 1 saturated heterocycles. The Labute approximate surface area is 165 Å². The molecule has 2 heterocycles. The second-order valence-electron chi connectivity index (χ2n) is 7.96. The van der Waals surface area contributed by atoms with Crippen molar-refractivity contribution in [2.24, 2.45) is 5.41 Å². The molecule has 27 heavy (non-hydrogen) atoms. The Morgan fingerprint density at radius 1 is 1.11 bits per heavy atom. The first-order chi connectivity index (χ1) is 13.2. The molecular weight excluding hydrogens is 362 g/mol. The molecule has 3 aliphatic rings. The van der Waals surface area contributed by atoms with E-state index in [0.29, 0.717) is 32.4 Å². The summed E-state index contributed by atoms with van der Waals surface area (Å²) in [6.07, 6.45) is 8.21. The summed E-state index contributed by atoms with van der Waals surface area (Å²) < 4.78 is 11.5. The van der Waals surface area contributed by atoms with Gasteiger partial charge in [-0.15, -0.1) is 0 Å². The van der Waals surface area contributed by atoms with E-state index in [2.05, 4.69) is 6.07 Å². The molecular formula is C21H27NO4S. The van der Waals surface area contributed by atoms with Crippen LogP contribution in [0.1, 0.15) is 56.9 Å². The van der Waals surface area contributed by atoms with Crippen molar-refractivity contribution in [3.8, 4) is 5.75 Å². The maximum Gasteiger partial charge on any atom is 0.229 e. The standard InChI is InChI=1S/C21H27NO4S/c23-18-14-21(9-1-2-10-21)15-19(24)22(18)11-5-13-26-27-17-8-3-6-16-7-4-12-25-20(16)17/h3,6,8H,1-2,4-5,7,9-15H2. The van der Waals surface area contributed by atoms with Gasteiger partial charge in [0.25, 0.3) is 0 Å². The maximum absolute atomic E-state index is 12.5. The number of imide groups is 1. The van der Waals surface area contributed by atoms with Crippen molar-refractivity contribution in [1.29, 1.82) is 0 Å². The summed E-state index contributed by atoms with van der Waals surface area (Å²) in [4.78, 5) is 27.4. The number of likely N-dealkylation sites (tertiary alicyclic amines) is 1. The molecule has 1 spiro atoms. The molecule has 2 aliphatic heterocycles. The zero-order chi connectivity index (χ0) is 18.7. The Morgan fingerprint density at radius 2 is 1.89 bits per heavy atom. The molecule has 0 radical (unpaired) electrons. The summed E-state index contributed by atoms with van der Waals surface area (Å²) >= 11 is 1.33. The Balaban J connectivity index is 1.23. The van der Waals surface area contributed by atoms with Crippen LogP contribution in [0.25, 0.3) is 0 Å². The van der Waals surface area contributed by atoms with Gasteiger partial charge in [-0.05, 0) is 49.1 Å². The Kier molecular flexibility index (Phi) is 5.74. The number of ether oxygens (including phenoxy) is 1. The van der Waals surface area contributed by atoms with Crippen molar-refractivity contribution in [2.45, 2.75) is 62.7 Å². The summed E-state index contributed by atoms with van der Waals surface area (Å²) in [5, 5.41) is 0. The van der Waals surface area contributed by atoms with Crippen LogP contribution in [0.15, 0.2) is 23.1 Å². The number of nitrogens with zero attached hydrogens (tertiary/aromatic N) is 1. The van der Waals surface area contributed by atoms with E-state index in [1.807, 2.05) is 12.1 Å². The van der Waals surface area contributed by atoms with Crippen LogP contribution in [0.3, 0.4) is 0 Å². The second-order valence-corrected chi connectivity index (χ2v) is 8.80. The van der Waals surface area contributed by atoms with Gasteiger partial charge < -0.3 is 8.92 Å². The van der Waals surface area contributed by atoms with E-state index in [4.69, 9.17) is 8.92 Å². The lowest BCUT2D eigenvalue weighted by Crippen LogP contribution is -2.47. The molecule has 5 nitrogen and oxygen atoms in total. The normalized spacial score (nSPS) is 21.4. The van der Waals surface area contributed by atoms with Gasteiger partial charge in [-0.1, -0.05) is 25.0 Å². The van der Waals surface area contributed by atoms with E-state index in [1.54, 1.807) is 0 Å². The minimum absolute atomic E-state index is 0.00586. The van der Waals surface area contributed by atoms with Crippen molar-refractivity contribution < 1.29 is 18.5 Å². The van der Waals surface area contributed by atoms with Gasteiger partial charge in [-0.2, -0.15) is 0 Å². The Hall–Kier alpha value is -1.53. The lowest BCUT2D eigenvalue weighted by Gasteiger charge is -2.37. The zero-order valence-electron chi connectivity index (χ0n) is 15.7. The molecule has 1 saturated carbocycles. The fourth-order valence-electron chi connectivity index (χ4n) is 4.57. The lowest BCUT2D eigenvalue weighted by atomic mass is 9.76. The number of hydrogen-bond donors (Lipinski definition) is 0. The highest BCUT2D eigenvalue weighted by Crippen LogP contribution is 2.46. The monoisotopic (exact) mass is 389 g/mol. The van der Waals surface area contributed by atoms with Gasteiger partial charge in [0.05, 0.1) is 18.1 Å². The molecule has 146 valence electrons. The molecule has 2 amide bonds. The first-order valence-corrected chi connectivity index (χ1v) is 10.8. The highest BCUT2D eigenvalue weighted by molar-refractivity contribution is 7.94. The summed E-state index contributed by atoms with van der Waals surface area (Å²) in [7, 11) is 0. The third kappa shape index (κ3) is 4.16. The average Bonchev–Trinajstić information content (AvgIpc) is 3.11. The van der Waals surface area contributed by atoms with Gasteiger partial charge in [-0.3, -0.25) is 14.5 Å². The van der Waals surface area contributed by atoms with Crippen LogP contribution >= 0.6 is 12.0 Å². The quantitative estimate of drug-likeness (QED) is 0.416. The van der Waals surface area contributed by atoms with Gasteiger partial charge in [0.1, 0.15) is 5.75 Å². The third-order valence-corrected chi connectivity index (χ3v) is 6.76. The van der Waals surface area contributed by atoms with Crippen LogP contribution < -0.4 is 4.74 Å². The van der Waals surface area contributed by atoms with E-state index in [0.717, 1.165) is 55.8 Å². The minimum atomic E-state index is -0.0244. The van der Waals surface area contributed by atoms with Crippen molar-refractivity contribution >= 4 is 23.9 Å². The van der Waals surface area contributed by atoms with E-state index in [-0.39, 0.29) is 17.2 Å².